The summed E-state index contributed by atoms with van der Waals surface area (Å²) in [6, 6.07) is 9.56. The van der Waals surface area contributed by atoms with E-state index < -0.39 is 10.2 Å². The molecule has 1 N–H and O–H groups in total. The molecule has 0 spiro atoms. The largest absolute Gasteiger partial charge is 0.395 e. The number of aliphatic hydroxyl groups is 1. The lowest BCUT2D eigenvalue weighted by atomic mass is 9.93. The second-order valence-electron chi connectivity index (χ2n) is 5.17. The Bertz CT molecular complexity index is 514. The molecule has 20 heavy (non-hydrogen) atoms. The zero-order chi connectivity index (χ0) is 14.6. The Balaban J connectivity index is 2.10. The molecule has 0 bridgehead atoms. The van der Waals surface area contributed by atoms with Crippen LogP contribution in [-0.4, -0.2) is 48.4 Å². The first-order chi connectivity index (χ1) is 9.55. The monoisotopic (exact) mass is 298 g/mol. The van der Waals surface area contributed by atoms with Crippen LogP contribution in [0.2, 0.25) is 0 Å². The van der Waals surface area contributed by atoms with Gasteiger partial charge in [-0.05, 0) is 18.4 Å². The van der Waals surface area contributed by atoms with E-state index in [1.807, 2.05) is 30.3 Å². The first kappa shape index (κ1) is 15.4. The van der Waals surface area contributed by atoms with Gasteiger partial charge in [-0.3, -0.25) is 0 Å². The van der Waals surface area contributed by atoms with Crippen LogP contribution in [0.15, 0.2) is 30.3 Å². The molecule has 6 heteroatoms. The first-order valence-corrected chi connectivity index (χ1v) is 8.33. The molecule has 2 rings (SSSR count). The Morgan fingerprint density at radius 1 is 1.25 bits per heavy atom. The van der Waals surface area contributed by atoms with Crippen molar-refractivity contribution >= 4 is 10.2 Å². The van der Waals surface area contributed by atoms with Crippen molar-refractivity contribution < 1.29 is 13.5 Å². The van der Waals surface area contributed by atoms with Crippen molar-refractivity contribution in [3.63, 3.8) is 0 Å². The molecule has 1 fully saturated rings. The summed E-state index contributed by atoms with van der Waals surface area (Å²) in [5.74, 6) is 0. The number of aliphatic hydroxyl groups excluding tert-OH is 1. The zero-order valence-electron chi connectivity index (χ0n) is 11.8. The van der Waals surface area contributed by atoms with E-state index in [1.54, 1.807) is 7.05 Å². The average molecular weight is 298 g/mol. The third-order valence-electron chi connectivity index (χ3n) is 3.74. The summed E-state index contributed by atoms with van der Waals surface area (Å²) in [4.78, 5) is 0. The predicted molar refractivity (Wildman–Crippen MR) is 78.3 cm³/mol. The lowest BCUT2D eigenvalue weighted by molar-refractivity contribution is 0.169. The van der Waals surface area contributed by atoms with E-state index in [0.717, 1.165) is 24.8 Å². The average Bonchev–Trinajstić information content (AvgIpc) is 2.37. The number of hydrogen-bond donors (Lipinski definition) is 1. The summed E-state index contributed by atoms with van der Waals surface area (Å²) >= 11 is 0. The molecule has 1 saturated carbocycles. The van der Waals surface area contributed by atoms with Gasteiger partial charge >= 0.3 is 0 Å². The summed E-state index contributed by atoms with van der Waals surface area (Å²) in [7, 11) is -1.93. The lowest BCUT2D eigenvalue weighted by Crippen LogP contribution is -2.50. The van der Waals surface area contributed by atoms with Crippen LogP contribution in [-0.2, 0) is 16.8 Å². The SMILES string of the molecule is CN(Cc1ccccc1)S(=O)(=O)N(CCO)C1CCC1. The second-order valence-corrected chi connectivity index (χ2v) is 7.16. The highest BCUT2D eigenvalue weighted by atomic mass is 32.2. The van der Waals surface area contributed by atoms with Gasteiger partial charge in [0.05, 0.1) is 6.61 Å². The minimum Gasteiger partial charge on any atom is -0.395 e. The van der Waals surface area contributed by atoms with Gasteiger partial charge in [-0.15, -0.1) is 0 Å². The maximum Gasteiger partial charge on any atom is 0.282 e. The van der Waals surface area contributed by atoms with E-state index in [-0.39, 0.29) is 19.2 Å². The van der Waals surface area contributed by atoms with Crippen LogP contribution in [0, 0.1) is 0 Å². The predicted octanol–water partition coefficient (Wildman–Crippen LogP) is 1.21. The highest BCUT2D eigenvalue weighted by molar-refractivity contribution is 7.86. The van der Waals surface area contributed by atoms with Gasteiger partial charge in [0, 0.05) is 26.2 Å². The summed E-state index contributed by atoms with van der Waals surface area (Å²) in [6.07, 6.45) is 2.83. The number of nitrogens with zero attached hydrogens (tertiary/aromatic N) is 2. The van der Waals surface area contributed by atoms with Crippen molar-refractivity contribution in [2.24, 2.45) is 0 Å². The fourth-order valence-corrected chi connectivity index (χ4v) is 3.93. The Morgan fingerprint density at radius 3 is 2.40 bits per heavy atom. The molecular formula is C14H22N2O3S. The summed E-state index contributed by atoms with van der Waals surface area (Å²) in [6.45, 7) is 0.374. The Kier molecular flexibility index (Phi) is 5.15. The van der Waals surface area contributed by atoms with Crippen LogP contribution in [0.4, 0.5) is 0 Å². The third kappa shape index (κ3) is 3.38. The second kappa shape index (κ2) is 6.67. The third-order valence-corrected chi connectivity index (χ3v) is 5.73. The van der Waals surface area contributed by atoms with Crippen molar-refractivity contribution in [2.75, 3.05) is 20.2 Å². The minimum absolute atomic E-state index is 0.0466. The van der Waals surface area contributed by atoms with Crippen molar-refractivity contribution in [2.45, 2.75) is 31.8 Å². The molecule has 0 atom stereocenters. The highest BCUT2D eigenvalue weighted by Crippen LogP contribution is 2.28. The van der Waals surface area contributed by atoms with Crippen molar-refractivity contribution in [3.05, 3.63) is 35.9 Å². The first-order valence-electron chi connectivity index (χ1n) is 6.93. The summed E-state index contributed by atoms with van der Waals surface area (Å²) in [5, 5.41) is 9.12. The van der Waals surface area contributed by atoms with Crippen LogP contribution >= 0.6 is 0 Å². The Hall–Kier alpha value is -0.950. The number of rotatable bonds is 7. The molecule has 0 aromatic heterocycles. The summed E-state index contributed by atoms with van der Waals surface area (Å²) in [5.41, 5.74) is 0.955. The molecule has 112 valence electrons. The fourth-order valence-electron chi connectivity index (χ4n) is 2.36. The van der Waals surface area contributed by atoms with Crippen molar-refractivity contribution in [1.82, 2.24) is 8.61 Å². The minimum atomic E-state index is -3.51. The lowest BCUT2D eigenvalue weighted by Gasteiger charge is -2.38. The topological polar surface area (TPSA) is 60.9 Å². The quantitative estimate of drug-likeness (QED) is 0.823. The molecular weight excluding hydrogens is 276 g/mol. The molecule has 0 heterocycles. The van der Waals surface area contributed by atoms with E-state index in [4.69, 9.17) is 5.11 Å². The van der Waals surface area contributed by atoms with Crippen LogP contribution in [0.25, 0.3) is 0 Å². The van der Waals surface area contributed by atoms with Gasteiger partial charge < -0.3 is 5.11 Å². The van der Waals surface area contributed by atoms with Crippen molar-refractivity contribution in [1.29, 1.82) is 0 Å². The standard InChI is InChI=1S/C14H22N2O3S/c1-15(12-13-6-3-2-4-7-13)20(18,19)16(10-11-17)14-8-5-9-14/h2-4,6-7,14,17H,5,8-12H2,1H3. The molecule has 0 saturated heterocycles. The Labute approximate surface area is 121 Å². The van der Waals surface area contributed by atoms with Gasteiger partial charge in [-0.25, -0.2) is 0 Å². The Morgan fingerprint density at radius 2 is 1.90 bits per heavy atom. The molecule has 5 nitrogen and oxygen atoms in total. The number of hydrogen-bond acceptors (Lipinski definition) is 3. The summed E-state index contributed by atoms with van der Waals surface area (Å²) < 4.78 is 28.0. The molecule has 0 radical (unpaired) electrons. The molecule has 0 unspecified atom stereocenters. The van der Waals surface area contributed by atoms with Gasteiger partial charge in [-0.1, -0.05) is 36.8 Å². The van der Waals surface area contributed by atoms with Gasteiger partial charge in [0.1, 0.15) is 0 Å². The smallest absolute Gasteiger partial charge is 0.282 e. The van der Waals surface area contributed by atoms with Gasteiger partial charge in [0.2, 0.25) is 0 Å². The van der Waals surface area contributed by atoms with E-state index in [0.29, 0.717) is 6.54 Å². The van der Waals surface area contributed by atoms with E-state index in [9.17, 15) is 8.42 Å². The molecule has 0 amide bonds. The van der Waals surface area contributed by atoms with Crippen LogP contribution in [0.5, 0.6) is 0 Å². The zero-order valence-corrected chi connectivity index (χ0v) is 12.6. The number of benzene rings is 1. The molecule has 1 aromatic carbocycles. The molecule has 1 aliphatic carbocycles. The molecule has 1 aromatic rings. The maximum absolute atomic E-state index is 12.6. The fraction of sp³-hybridized carbons (Fsp3) is 0.571. The molecule has 1 aliphatic rings. The van der Waals surface area contributed by atoms with Gasteiger partial charge in [-0.2, -0.15) is 17.0 Å². The van der Waals surface area contributed by atoms with E-state index in [2.05, 4.69) is 0 Å². The van der Waals surface area contributed by atoms with Crippen LogP contribution in [0.3, 0.4) is 0 Å². The highest BCUT2D eigenvalue weighted by Gasteiger charge is 2.35. The van der Waals surface area contributed by atoms with Crippen molar-refractivity contribution in [3.8, 4) is 0 Å². The normalized spacial score (nSPS) is 16.6. The van der Waals surface area contributed by atoms with Gasteiger partial charge in [0.25, 0.3) is 10.2 Å². The maximum atomic E-state index is 12.6. The van der Waals surface area contributed by atoms with Crippen LogP contribution in [0.1, 0.15) is 24.8 Å². The van der Waals surface area contributed by atoms with Crippen LogP contribution < -0.4 is 0 Å². The molecule has 0 aliphatic heterocycles. The van der Waals surface area contributed by atoms with Gasteiger partial charge in [0.15, 0.2) is 0 Å². The van der Waals surface area contributed by atoms with E-state index >= 15 is 0 Å². The van der Waals surface area contributed by atoms with E-state index in [1.165, 1.54) is 8.61 Å².